The Bertz CT molecular complexity index is 299. The maximum atomic E-state index is 11.5. The summed E-state index contributed by atoms with van der Waals surface area (Å²) in [5.41, 5.74) is 5.19. The summed E-state index contributed by atoms with van der Waals surface area (Å²) in [6, 6.07) is 0. The molecule has 5 nitrogen and oxygen atoms in total. The van der Waals surface area contributed by atoms with Crippen LogP contribution in [-0.2, 0) is 10.0 Å². The van der Waals surface area contributed by atoms with E-state index in [-0.39, 0.29) is 11.6 Å². The van der Waals surface area contributed by atoms with Crippen molar-refractivity contribution >= 4 is 15.9 Å². The second-order valence-corrected chi connectivity index (χ2v) is 6.30. The topological polar surface area (TPSA) is 96.0 Å². The lowest BCUT2D eigenvalue weighted by molar-refractivity contribution is 0.559. The van der Waals surface area contributed by atoms with E-state index in [0.717, 1.165) is 12.8 Å². The highest BCUT2D eigenvalue weighted by Gasteiger charge is 2.09. The molecule has 0 aliphatic carbocycles. The van der Waals surface area contributed by atoms with Gasteiger partial charge in [-0.2, -0.15) is 0 Å². The van der Waals surface area contributed by atoms with E-state index in [1.54, 1.807) is 0 Å². The van der Waals surface area contributed by atoms with Crippen molar-refractivity contribution in [2.45, 2.75) is 39.5 Å². The summed E-state index contributed by atoms with van der Waals surface area (Å²) in [6.45, 7) is 4.44. The first-order chi connectivity index (χ1) is 7.33. The van der Waals surface area contributed by atoms with Gasteiger partial charge in [-0.3, -0.25) is 5.41 Å². The van der Waals surface area contributed by atoms with Gasteiger partial charge in [-0.25, -0.2) is 13.1 Å². The predicted molar refractivity (Wildman–Crippen MR) is 67.0 cm³/mol. The number of hydrogen-bond acceptors (Lipinski definition) is 3. The van der Waals surface area contributed by atoms with Gasteiger partial charge in [-0.15, -0.1) is 0 Å². The Morgan fingerprint density at radius 1 is 1.38 bits per heavy atom. The maximum absolute atomic E-state index is 11.5. The van der Waals surface area contributed by atoms with Gasteiger partial charge >= 0.3 is 0 Å². The zero-order valence-electron chi connectivity index (χ0n) is 10.1. The molecule has 0 atom stereocenters. The van der Waals surface area contributed by atoms with Crippen LogP contribution in [0.2, 0.25) is 0 Å². The van der Waals surface area contributed by atoms with E-state index in [1.165, 1.54) is 0 Å². The molecule has 0 unspecified atom stereocenters. The predicted octanol–water partition coefficient (Wildman–Crippen LogP) is 1.06. The summed E-state index contributed by atoms with van der Waals surface area (Å²) in [5, 5.41) is 7.00. The number of nitrogens with one attached hydrogen (secondary N) is 2. The van der Waals surface area contributed by atoms with E-state index in [0.29, 0.717) is 25.3 Å². The van der Waals surface area contributed by atoms with E-state index in [9.17, 15) is 8.42 Å². The molecule has 0 rings (SSSR count). The molecule has 0 aromatic heterocycles. The maximum Gasteiger partial charge on any atom is 0.211 e. The molecule has 0 fully saturated rings. The van der Waals surface area contributed by atoms with Gasteiger partial charge in [0.1, 0.15) is 0 Å². The molecule has 0 aromatic carbocycles. The van der Waals surface area contributed by atoms with Crippen molar-refractivity contribution in [3.8, 4) is 0 Å². The Hall–Kier alpha value is -0.620. The fourth-order valence-corrected chi connectivity index (χ4v) is 2.51. The van der Waals surface area contributed by atoms with Crippen molar-refractivity contribution in [1.82, 2.24) is 4.72 Å². The average Bonchev–Trinajstić information content (AvgIpc) is 2.14. The third kappa shape index (κ3) is 9.92. The van der Waals surface area contributed by atoms with Gasteiger partial charge in [-0.1, -0.05) is 13.8 Å². The van der Waals surface area contributed by atoms with Crippen LogP contribution < -0.4 is 10.5 Å². The molecule has 4 N–H and O–H groups in total. The molecular formula is C10H23N3O2S. The Balaban J connectivity index is 3.62. The van der Waals surface area contributed by atoms with Crippen molar-refractivity contribution < 1.29 is 8.42 Å². The lowest BCUT2D eigenvalue weighted by Gasteiger charge is -2.07. The number of hydrogen-bond donors (Lipinski definition) is 3. The number of rotatable bonds is 9. The normalized spacial score (nSPS) is 11.9. The molecule has 0 radical (unpaired) electrons. The van der Waals surface area contributed by atoms with Gasteiger partial charge in [0.15, 0.2) is 0 Å². The molecule has 0 saturated heterocycles. The van der Waals surface area contributed by atoms with Crippen molar-refractivity contribution in [1.29, 1.82) is 5.41 Å². The van der Waals surface area contributed by atoms with E-state index in [2.05, 4.69) is 4.72 Å². The minimum atomic E-state index is -3.11. The van der Waals surface area contributed by atoms with Crippen molar-refractivity contribution in [3.05, 3.63) is 0 Å². The van der Waals surface area contributed by atoms with Gasteiger partial charge in [0.05, 0.1) is 11.6 Å². The fraction of sp³-hybridized carbons (Fsp3) is 0.900. The van der Waals surface area contributed by atoms with Crippen LogP contribution >= 0.6 is 0 Å². The van der Waals surface area contributed by atoms with E-state index in [1.807, 2.05) is 13.8 Å². The average molecular weight is 249 g/mol. The molecule has 0 saturated carbocycles. The van der Waals surface area contributed by atoms with Crippen LogP contribution in [0.1, 0.15) is 39.5 Å². The van der Waals surface area contributed by atoms with E-state index in [4.69, 9.17) is 11.1 Å². The third-order valence-electron chi connectivity index (χ3n) is 2.16. The van der Waals surface area contributed by atoms with Crippen molar-refractivity contribution in [2.75, 3.05) is 12.3 Å². The Morgan fingerprint density at radius 2 is 2.00 bits per heavy atom. The molecule has 0 aliphatic rings. The van der Waals surface area contributed by atoms with Crippen LogP contribution in [0.3, 0.4) is 0 Å². The smallest absolute Gasteiger partial charge is 0.211 e. The summed E-state index contributed by atoms with van der Waals surface area (Å²) >= 11 is 0. The van der Waals surface area contributed by atoms with Gasteiger partial charge in [0.2, 0.25) is 10.0 Å². The minimum Gasteiger partial charge on any atom is -0.388 e. The van der Waals surface area contributed by atoms with Crippen LogP contribution in [-0.4, -0.2) is 26.6 Å². The molecule has 0 bridgehead atoms. The zero-order valence-corrected chi connectivity index (χ0v) is 10.9. The van der Waals surface area contributed by atoms with E-state index >= 15 is 0 Å². The van der Waals surface area contributed by atoms with Gasteiger partial charge < -0.3 is 5.73 Å². The van der Waals surface area contributed by atoms with Crippen molar-refractivity contribution in [3.63, 3.8) is 0 Å². The zero-order chi connectivity index (χ0) is 12.6. The second-order valence-electron chi connectivity index (χ2n) is 4.38. The standard InChI is InChI=1S/C10H23N3O2S/c1-9(2)6-8-16(14,15)13-7-4-3-5-10(11)12/h9,13H,3-8H2,1-2H3,(H3,11,12). The number of unbranched alkanes of at least 4 members (excludes halogenated alkanes) is 1. The van der Waals surface area contributed by atoms with E-state index < -0.39 is 10.0 Å². The Morgan fingerprint density at radius 3 is 2.50 bits per heavy atom. The molecule has 0 heterocycles. The van der Waals surface area contributed by atoms with Crippen LogP contribution in [0, 0.1) is 11.3 Å². The highest BCUT2D eigenvalue weighted by molar-refractivity contribution is 7.89. The number of sulfonamides is 1. The van der Waals surface area contributed by atoms with Crippen LogP contribution in [0.25, 0.3) is 0 Å². The van der Waals surface area contributed by atoms with Gasteiger partial charge in [0.25, 0.3) is 0 Å². The molecule has 0 spiro atoms. The summed E-state index contributed by atoms with van der Waals surface area (Å²) in [4.78, 5) is 0. The first kappa shape index (κ1) is 15.4. The van der Waals surface area contributed by atoms with Crippen LogP contribution in [0.4, 0.5) is 0 Å². The fourth-order valence-electron chi connectivity index (χ4n) is 1.13. The first-order valence-corrected chi connectivity index (χ1v) is 7.29. The molecular weight excluding hydrogens is 226 g/mol. The number of nitrogens with two attached hydrogens (primary N) is 1. The molecule has 0 aliphatic heterocycles. The second kappa shape index (κ2) is 7.62. The summed E-state index contributed by atoms with van der Waals surface area (Å²) in [5.74, 6) is 0.745. The lowest BCUT2D eigenvalue weighted by atomic mass is 10.2. The van der Waals surface area contributed by atoms with Crippen LogP contribution in [0.5, 0.6) is 0 Å². The SMILES string of the molecule is CC(C)CCS(=O)(=O)NCCCCC(=N)N. The first-order valence-electron chi connectivity index (χ1n) is 5.63. The Labute approximate surface area is 98.4 Å². The molecule has 96 valence electrons. The monoisotopic (exact) mass is 249 g/mol. The number of amidine groups is 1. The van der Waals surface area contributed by atoms with Gasteiger partial charge in [0, 0.05) is 13.0 Å². The molecule has 6 heteroatoms. The summed E-state index contributed by atoms with van der Waals surface area (Å²) in [6.07, 6.45) is 2.69. The quantitative estimate of drug-likeness (QED) is 0.324. The largest absolute Gasteiger partial charge is 0.388 e. The van der Waals surface area contributed by atoms with Crippen LogP contribution in [0.15, 0.2) is 0 Å². The molecule has 0 aromatic rings. The molecule has 16 heavy (non-hydrogen) atoms. The summed E-state index contributed by atoms with van der Waals surface area (Å²) < 4.78 is 25.5. The minimum absolute atomic E-state index is 0.155. The highest BCUT2D eigenvalue weighted by atomic mass is 32.2. The highest BCUT2D eigenvalue weighted by Crippen LogP contribution is 2.02. The van der Waals surface area contributed by atoms with Crippen molar-refractivity contribution in [2.24, 2.45) is 11.7 Å². The lowest BCUT2D eigenvalue weighted by Crippen LogP contribution is -2.28. The Kier molecular flexibility index (Phi) is 7.33. The third-order valence-corrected chi connectivity index (χ3v) is 3.58. The van der Waals surface area contributed by atoms with Gasteiger partial charge in [-0.05, 0) is 25.2 Å². The summed E-state index contributed by atoms with van der Waals surface area (Å²) in [7, 11) is -3.11. The molecule has 0 amide bonds.